The summed E-state index contributed by atoms with van der Waals surface area (Å²) in [7, 11) is 0. The van der Waals surface area contributed by atoms with Gasteiger partial charge in [0.25, 0.3) is 5.91 Å². The standard InChI is InChI=1S/C23H29N3O3/c1-17(2)24-23(28)20-14-19(10-11-21(20)26-12-6-7-13-26)25-22(27)16-29-15-18-8-4-3-5-9-18/h3-5,8-11,14,17H,6-7,12-13,15-16H2,1-2H3,(H,24,28)(H,25,27). The Labute approximate surface area is 172 Å². The van der Waals surface area contributed by atoms with Gasteiger partial charge in [-0.2, -0.15) is 0 Å². The number of carbonyl (C=O) groups is 2. The van der Waals surface area contributed by atoms with Crippen molar-refractivity contribution in [2.45, 2.75) is 39.3 Å². The van der Waals surface area contributed by atoms with Gasteiger partial charge < -0.3 is 20.3 Å². The first-order valence-electron chi connectivity index (χ1n) is 10.1. The molecule has 2 amide bonds. The smallest absolute Gasteiger partial charge is 0.253 e. The zero-order valence-electron chi connectivity index (χ0n) is 17.1. The van der Waals surface area contributed by atoms with E-state index in [1.165, 1.54) is 0 Å². The Balaban J connectivity index is 1.65. The summed E-state index contributed by atoms with van der Waals surface area (Å²) in [6, 6.07) is 15.3. The Morgan fingerprint density at radius 3 is 2.48 bits per heavy atom. The number of ether oxygens (including phenoxy) is 1. The molecule has 2 aromatic rings. The Kier molecular flexibility index (Phi) is 7.25. The normalized spacial score (nSPS) is 13.6. The van der Waals surface area contributed by atoms with Gasteiger partial charge >= 0.3 is 0 Å². The summed E-state index contributed by atoms with van der Waals surface area (Å²) in [6.07, 6.45) is 2.25. The van der Waals surface area contributed by atoms with Gasteiger partial charge in [-0.15, -0.1) is 0 Å². The fourth-order valence-corrected chi connectivity index (χ4v) is 3.40. The molecule has 29 heavy (non-hydrogen) atoms. The number of nitrogens with zero attached hydrogens (tertiary/aromatic N) is 1. The van der Waals surface area contributed by atoms with Gasteiger partial charge in [-0.05, 0) is 50.5 Å². The third-order valence-electron chi connectivity index (χ3n) is 4.74. The van der Waals surface area contributed by atoms with E-state index in [4.69, 9.17) is 4.74 Å². The van der Waals surface area contributed by atoms with Crippen LogP contribution in [0.2, 0.25) is 0 Å². The third kappa shape index (κ3) is 6.06. The maximum atomic E-state index is 12.7. The number of nitrogens with one attached hydrogen (secondary N) is 2. The van der Waals surface area contributed by atoms with E-state index in [1.807, 2.05) is 56.3 Å². The van der Waals surface area contributed by atoms with Crippen molar-refractivity contribution in [2.24, 2.45) is 0 Å². The summed E-state index contributed by atoms with van der Waals surface area (Å²) < 4.78 is 5.49. The van der Waals surface area contributed by atoms with E-state index < -0.39 is 0 Å². The zero-order valence-corrected chi connectivity index (χ0v) is 17.1. The third-order valence-corrected chi connectivity index (χ3v) is 4.74. The number of anilines is 2. The molecular formula is C23H29N3O3. The second-order valence-corrected chi connectivity index (χ2v) is 7.58. The van der Waals surface area contributed by atoms with Crippen LogP contribution >= 0.6 is 0 Å². The molecule has 0 atom stereocenters. The molecule has 1 aliphatic rings. The molecule has 3 rings (SSSR count). The molecule has 0 bridgehead atoms. The van der Waals surface area contributed by atoms with Crippen molar-refractivity contribution in [3.8, 4) is 0 Å². The molecule has 1 aliphatic heterocycles. The molecule has 0 unspecified atom stereocenters. The first-order valence-corrected chi connectivity index (χ1v) is 10.1. The Morgan fingerprint density at radius 2 is 1.79 bits per heavy atom. The number of benzene rings is 2. The van der Waals surface area contributed by atoms with E-state index >= 15 is 0 Å². The van der Waals surface area contributed by atoms with Crippen LogP contribution in [0.5, 0.6) is 0 Å². The summed E-state index contributed by atoms with van der Waals surface area (Å²) in [5.74, 6) is -0.372. The maximum Gasteiger partial charge on any atom is 0.253 e. The highest BCUT2D eigenvalue weighted by atomic mass is 16.5. The quantitative estimate of drug-likeness (QED) is 0.717. The molecular weight excluding hydrogens is 366 g/mol. The van der Waals surface area contributed by atoms with Crippen molar-refractivity contribution in [3.05, 3.63) is 59.7 Å². The molecule has 1 saturated heterocycles. The minimum absolute atomic E-state index is 0.0403. The van der Waals surface area contributed by atoms with Crippen molar-refractivity contribution < 1.29 is 14.3 Å². The Bertz CT molecular complexity index is 831. The van der Waals surface area contributed by atoms with Crippen LogP contribution in [0.4, 0.5) is 11.4 Å². The second-order valence-electron chi connectivity index (χ2n) is 7.58. The van der Waals surface area contributed by atoms with E-state index in [0.717, 1.165) is 37.2 Å². The summed E-state index contributed by atoms with van der Waals surface area (Å²) in [5.41, 5.74) is 3.11. The molecule has 1 fully saturated rings. The van der Waals surface area contributed by atoms with Crippen LogP contribution in [0.3, 0.4) is 0 Å². The average Bonchev–Trinajstić information content (AvgIpc) is 3.23. The van der Waals surface area contributed by atoms with Crippen molar-refractivity contribution >= 4 is 23.2 Å². The molecule has 0 aliphatic carbocycles. The largest absolute Gasteiger partial charge is 0.371 e. The molecule has 6 heteroatoms. The average molecular weight is 396 g/mol. The summed E-state index contributed by atoms with van der Waals surface area (Å²) >= 11 is 0. The van der Waals surface area contributed by atoms with E-state index in [-0.39, 0.29) is 24.5 Å². The van der Waals surface area contributed by atoms with Gasteiger partial charge in [0, 0.05) is 30.5 Å². The number of amides is 2. The number of hydrogen-bond donors (Lipinski definition) is 2. The van der Waals surface area contributed by atoms with Crippen LogP contribution in [-0.2, 0) is 16.1 Å². The van der Waals surface area contributed by atoms with Crippen LogP contribution in [0.1, 0.15) is 42.6 Å². The minimum atomic E-state index is -0.245. The lowest BCUT2D eigenvalue weighted by molar-refractivity contribution is -0.121. The monoisotopic (exact) mass is 395 g/mol. The lowest BCUT2D eigenvalue weighted by atomic mass is 10.1. The van der Waals surface area contributed by atoms with E-state index in [1.54, 1.807) is 6.07 Å². The molecule has 0 aromatic heterocycles. The lowest BCUT2D eigenvalue weighted by Gasteiger charge is -2.22. The van der Waals surface area contributed by atoms with Gasteiger partial charge in [0.2, 0.25) is 5.91 Å². The zero-order chi connectivity index (χ0) is 20.6. The fraction of sp³-hybridized carbons (Fsp3) is 0.391. The highest BCUT2D eigenvalue weighted by molar-refractivity contribution is 6.02. The highest BCUT2D eigenvalue weighted by Crippen LogP contribution is 2.27. The number of hydrogen-bond acceptors (Lipinski definition) is 4. The Morgan fingerprint density at radius 1 is 1.07 bits per heavy atom. The number of carbonyl (C=O) groups excluding carboxylic acids is 2. The van der Waals surface area contributed by atoms with Crippen molar-refractivity contribution in [2.75, 3.05) is 29.9 Å². The van der Waals surface area contributed by atoms with Gasteiger partial charge in [-0.25, -0.2) is 0 Å². The van der Waals surface area contributed by atoms with E-state index in [9.17, 15) is 9.59 Å². The van der Waals surface area contributed by atoms with E-state index in [0.29, 0.717) is 17.9 Å². The molecule has 1 heterocycles. The predicted molar refractivity (Wildman–Crippen MR) is 115 cm³/mol. The molecule has 154 valence electrons. The first kappa shape index (κ1) is 20.9. The molecule has 0 saturated carbocycles. The van der Waals surface area contributed by atoms with Crippen molar-refractivity contribution in [3.63, 3.8) is 0 Å². The van der Waals surface area contributed by atoms with Gasteiger partial charge in [0.05, 0.1) is 12.2 Å². The molecule has 2 N–H and O–H groups in total. The number of rotatable bonds is 8. The van der Waals surface area contributed by atoms with Crippen LogP contribution in [0, 0.1) is 0 Å². The maximum absolute atomic E-state index is 12.7. The second kappa shape index (κ2) is 10.1. The fourth-order valence-electron chi connectivity index (χ4n) is 3.40. The molecule has 0 spiro atoms. The first-order chi connectivity index (χ1) is 14.0. The van der Waals surface area contributed by atoms with Crippen LogP contribution in [0.25, 0.3) is 0 Å². The highest BCUT2D eigenvalue weighted by Gasteiger charge is 2.21. The predicted octanol–water partition coefficient (Wildman–Crippen LogP) is 3.58. The van der Waals surface area contributed by atoms with Crippen molar-refractivity contribution in [1.29, 1.82) is 0 Å². The topological polar surface area (TPSA) is 70.7 Å². The van der Waals surface area contributed by atoms with Crippen LogP contribution < -0.4 is 15.5 Å². The SMILES string of the molecule is CC(C)NC(=O)c1cc(NC(=O)COCc2ccccc2)ccc1N1CCCC1. The van der Waals surface area contributed by atoms with Crippen LogP contribution in [-0.4, -0.2) is 37.6 Å². The van der Waals surface area contributed by atoms with Gasteiger partial charge in [-0.3, -0.25) is 9.59 Å². The molecule has 0 radical (unpaired) electrons. The van der Waals surface area contributed by atoms with E-state index in [2.05, 4.69) is 15.5 Å². The Hall–Kier alpha value is -2.86. The van der Waals surface area contributed by atoms with Gasteiger partial charge in [0.1, 0.15) is 6.61 Å². The summed E-state index contributed by atoms with van der Waals surface area (Å²) in [6.45, 7) is 6.09. The summed E-state index contributed by atoms with van der Waals surface area (Å²) in [4.78, 5) is 27.2. The molecule has 6 nitrogen and oxygen atoms in total. The van der Waals surface area contributed by atoms with Gasteiger partial charge in [0.15, 0.2) is 0 Å². The van der Waals surface area contributed by atoms with Crippen LogP contribution in [0.15, 0.2) is 48.5 Å². The van der Waals surface area contributed by atoms with Crippen molar-refractivity contribution in [1.82, 2.24) is 5.32 Å². The summed E-state index contributed by atoms with van der Waals surface area (Å²) in [5, 5.41) is 5.79. The van der Waals surface area contributed by atoms with Gasteiger partial charge in [-0.1, -0.05) is 30.3 Å². The minimum Gasteiger partial charge on any atom is -0.371 e. The molecule has 2 aromatic carbocycles. The lowest BCUT2D eigenvalue weighted by Crippen LogP contribution is -2.32.